The second-order valence-corrected chi connectivity index (χ2v) is 4.20. The standard InChI is InChI=1S/C12H17N3O2/c1-8-5-9(12(13)14)6-11(15-8)17-7-10-3-2-4-16-10/h5-6,10H,2-4,7H2,1H3,(H3,13,14). The van der Waals surface area contributed by atoms with Crippen molar-refractivity contribution in [2.75, 3.05) is 13.2 Å². The average Bonchev–Trinajstić information content (AvgIpc) is 2.78. The number of nitrogen functional groups attached to an aromatic ring is 1. The van der Waals surface area contributed by atoms with Crippen molar-refractivity contribution in [2.45, 2.75) is 25.9 Å². The van der Waals surface area contributed by atoms with E-state index in [2.05, 4.69) is 4.98 Å². The van der Waals surface area contributed by atoms with Crippen LogP contribution in [0.15, 0.2) is 12.1 Å². The van der Waals surface area contributed by atoms with Crippen LogP contribution in [0.1, 0.15) is 24.1 Å². The van der Waals surface area contributed by atoms with Gasteiger partial charge < -0.3 is 15.2 Å². The van der Waals surface area contributed by atoms with E-state index in [9.17, 15) is 0 Å². The van der Waals surface area contributed by atoms with E-state index in [0.29, 0.717) is 18.1 Å². The van der Waals surface area contributed by atoms with Gasteiger partial charge in [-0.1, -0.05) is 0 Å². The van der Waals surface area contributed by atoms with Crippen molar-refractivity contribution >= 4 is 5.84 Å². The Hall–Kier alpha value is -1.62. The van der Waals surface area contributed by atoms with Gasteiger partial charge in [0.1, 0.15) is 12.4 Å². The van der Waals surface area contributed by atoms with Gasteiger partial charge in [-0.15, -0.1) is 0 Å². The Morgan fingerprint density at radius 1 is 1.65 bits per heavy atom. The zero-order valence-corrected chi connectivity index (χ0v) is 9.90. The summed E-state index contributed by atoms with van der Waals surface area (Å²) in [4.78, 5) is 4.25. The highest BCUT2D eigenvalue weighted by Gasteiger charge is 2.16. The first-order valence-corrected chi connectivity index (χ1v) is 5.72. The lowest BCUT2D eigenvalue weighted by Crippen LogP contribution is -2.17. The molecule has 1 unspecified atom stereocenters. The van der Waals surface area contributed by atoms with Gasteiger partial charge in [-0.05, 0) is 25.8 Å². The normalized spacial score (nSPS) is 19.2. The van der Waals surface area contributed by atoms with Crippen LogP contribution in [0.4, 0.5) is 0 Å². The number of aromatic nitrogens is 1. The number of amidine groups is 1. The van der Waals surface area contributed by atoms with Gasteiger partial charge in [0.05, 0.1) is 6.10 Å². The van der Waals surface area contributed by atoms with Gasteiger partial charge in [0.25, 0.3) is 0 Å². The van der Waals surface area contributed by atoms with Crippen molar-refractivity contribution in [2.24, 2.45) is 5.73 Å². The summed E-state index contributed by atoms with van der Waals surface area (Å²) in [6.45, 7) is 3.17. The van der Waals surface area contributed by atoms with E-state index in [1.807, 2.05) is 6.92 Å². The van der Waals surface area contributed by atoms with Crippen LogP contribution >= 0.6 is 0 Å². The molecule has 0 spiro atoms. The summed E-state index contributed by atoms with van der Waals surface area (Å²) in [5.41, 5.74) is 6.88. The summed E-state index contributed by atoms with van der Waals surface area (Å²) in [6, 6.07) is 3.45. The summed E-state index contributed by atoms with van der Waals surface area (Å²) < 4.78 is 11.0. The molecule has 0 saturated carbocycles. The van der Waals surface area contributed by atoms with Gasteiger partial charge >= 0.3 is 0 Å². The Labute approximate surface area is 100 Å². The third-order valence-corrected chi connectivity index (χ3v) is 2.68. The number of nitrogens with one attached hydrogen (secondary N) is 1. The van der Waals surface area contributed by atoms with E-state index >= 15 is 0 Å². The summed E-state index contributed by atoms with van der Waals surface area (Å²) in [6.07, 6.45) is 2.29. The molecule has 2 rings (SSSR count). The molecule has 3 N–H and O–H groups in total. The highest BCUT2D eigenvalue weighted by atomic mass is 16.5. The van der Waals surface area contributed by atoms with Crippen LogP contribution < -0.4 is 10.5 Å². The number of nitrogens with zero attached hydrogens (tertiary/aromatic N) is 1. The molecule has 1 aliphatic rings. The largest absolute Gasteiger partial charge is 0.475 e. The molecular weight excluding hydrogens is 218 g/mol. The van der Waals surface area contributed by atoms with Gasteiger partial charge in [0.15, 0.2) is 0 Å². The number of hydrogen-bond donors (Lipinski definition) is 2. The lowest BCUT2D eigenvalue weighted by atomic mass is 10.2. The Bertz CT molecular complexity index is 414. The van der Waals surface area contributed by atoms with Crippen molar-refractivity contribution in [3.8, 4) is 5.88 Å². The van der Waals surface area contributed by atoms with Gasteiger partial charge in [-0.25, -0.2) is 4.98 Å². The minimum atomic E-state index is 0.0254. The molecule has 5 heteroatoms. The third kappa shape index (κ3) is 3.17. The number of aryl methyl sites for hydroxylation is 1. The molecule has 5 nitrogen and oxygen atoms in total. The third-order valence-electron chi connectivity index (χ3n) is 2.68. The fraction of sp³-hybridized carbons (Fsp3) is 0.500. The predicted octanol–water partition coefficient (Wildman–Crippen LogP) is 1.23. The first-order valence-electron chi connectivity index (χ1n) is 5.72. The van der Waals surface area contributed by atoms with E-state index in [1.54, 1.807) is 12.1 Å². The molecule has 92 valence electrons. The van der Waals surface area contributed by atoms with Crippen molar-refractivity contribution in [1.29, 1.82) is 5.41 Å². The van der Waals surface area contributed by atoms with E-state index in [-0.39, 0.29) is 11.9 Å². The maximum absolute atomic E-state index is 7.40. The fourth-order valence-corrected chi connectivity index (χ4v) is 1.82. The second-order valence-electron chi connectivity index (χ2n) is 4.20. The van der Waals surface area contributed by atoms with E-state index in [1.165, 1.54) is 0 Å². The highest BCUT2D eigenvalue weighted by Crippen LogP contribution is 2.16. The van der Waals surface area contributed by atoms with Crippen molar-refractivity contribution in [3.05, 3.63) is 23.4 Å². The molecule has 1 aliphatic heterocycles. The Balaban J connectivity index is 2.01. The van der Waals surface area contributed by atoms with Gasteiger partial charge in [-0.2, -0.15) is 0 Å². The van der Waals surface area contributed by atoms with Crippen LogP contribution in [0.2, 0.25) is 0 Å². The number of rotatable bonds is 4. The minimum absolute atomic E-state index is 0.0254. The molecule has 1 aromatic rings. The first-order chi connectivity index (χ1) is 8.15. The molecular formula is C12H17N3O2. The average molecular weight is 235 g/mol. The van der Waals surface area contributed by atoms with E-state index in [0.717, 1.165) is 25.1 Å². The molecule has 17 heavy (non-hydrogen) atoms. The summed E-state index contributed by atoms with van der Waals surface area (Å²) in [7, 11) is 0. The zero-order chi connectivity index (χ0) is 12.3. The molecule has 0 radical (unpaired) electrons. The van der Waals surface area contributed by atoms with Crippen LogP contribution in [0.3, 0.4) is 0 Å². The van der Waals surface area contributed by atoms with Crippen LogP contribution in [0.5, 0.6) is 5.88 Å². The lowest BCUT2D eigenvalue weighted by Gasteiger charge is -2.12. The van der Waals surface area contributed by atoms with Crippen LogP contribution in [0.25, 0.3) is 0 Å². The van der Waals surface area contributed by atoms with Gasteiger partial charge in [0.2, 0.25) is 5.88 Å². The summed E-state index contributed by atoms with van der Waals surface area (Å²) in [5.74, 6) is 0.531. The number of nitrogens with two attached hydrogens (primary N) is 1. The maximum Gasteiger partial charge on any atom is 0.214 e. The molecule has 0 bridgehead atoms. The van der Waals surface area contributed by atoms with Crippen molar-refractivity contribution in [3.63, 3.8) is 0 Å². The molecule has 1 fully saturated rings. The molecule has 1 atom stereocenters. The fourth-order valence-electron chi connectivity index (χ4n) is 1.82. The smallest absolute Gasteiger partial charge is 0.214 e. The minimum Gasteiger partial charge on any atom is -0.475 e. The maximum atomic E-state index is 7.40. The Kier molecular flexibility index (Phi) is 3.58. The number of ether oxygens (including phenoxy) is 2. The Morgan fingerprint density at radius 2 is 2.47 bits per heavy atom. The van der Waals surface area contributed by atoms with Crippen molar-refractivity contribution < 1.29 is 9.47 Å². The number of hydrogen-bond acceptors (Lipinski definition) is 4. The van der Waals surface area contributed by atoms with E-state index in [4.69, 9.17) is 20.6 Å². The first kappa shape index (κ1) is 11.9. The summed E-state index contributed by atoms with van der Waals surface area (Å²) in [5, 5.41) is 7.40. The van der Waals surface area contributed by atoms with Gasteiger partial charge in [-0.3, -0.25) is 5.41 Å². The molecule has 1 saturated heterocycles. The Morgan fingerprint density at radius 3 is 3.12 bits per heavy atom. The second kappa shape index (κ2) is 5.14. The SMILES string of the molecule is Cc1cc(C(=N)N)cc(OCC2CCCO2)n1. The van der Waals surface area contributed by atoms with Crippen LogP contribution in [-0.4, -0.2) is 30.1 Å². The van der Waals surface area contributed by atoms with Gasteiger partial charge in [0, 0.05) is 23.9 Å². The lowest BCUT2D eigenvalue weighted by molar-refractivity contribution is 0.0663. The van der Waals surface area contributed by atoms with E-state index < -0.39 is 0 Å². The zero-order valence-electron chi connectivity index (χ0n) is 9.90. The summed E-state index contributed by atoms with van der Waals surface area (Å²) >= 11 is 0. The quantitative estimate of drug-likeness (QED) is 0.607. The monoisotopic (exact) mass is 235 g/mol. The highest BCUT2D eigenvalue weighted by molar-refractivity contribution is 5.95. The molecule has 0 amide bonds. The topological polar surface area (TPSA) is 81.2 Å². The molecule has 0 aliphatic carbocycles. The number of pyridine rings is 1. The molecule has 0 aromatic carbocycles. The van der Waals surface area contributed by atoms with Crippen molar-refractivity contribution in [1.82, 2.24) is 4.98 Å². The van der Waals surface area contributed by atoms with Crippen LogP contribution in [-0.2, 0) is 4.74 Å². The molecule has 1 aromatic heterocycles. The molecule has 2 heterocycles. The van der Waals surface area contributed by atoms with Crippen LogP contribution in [0, 0.1) is 12.3 Å². The predicted molar refractivity (Wildman–Crippen MR) is 64.5 cm³/mol.